The van der Waals surface area contributed by atoms with E-state index in [0.717, 1.165) is 48.3 Å². The van der Waals surface area contributed by atoms with Crippen molar-refractivity contribution in [1.82, 2.24) is 0 Å². The van der Waals surface area contributed by atoms with Gasteiger partial charge in [-0.2, -0.15) is 0 Å². The first-order valence-electron chi connectivity index (χ1n) is 11.7. The van der Waals surface area contributed by atoms with Gasteiger partial charge in [-0.05, 0) is 79.9 Å². The molecule has 1 aromatic carbocycles. The van der Waals surface area contributed by atoms with E-state index < -0.39 is 0 Å². The van der Waals surface area contributed by atoms with Gasteiger partial charge < -0.3 is 9.47 Å². The summed E-state index contributed by atoms with van der Waals surface area (Å²) < 4.78 is 11.2. The zero-order chi connectivity index (χ0) is 19.2. The number of benzene rings is 1. The number of rotatable bonds is 7. The highest BCUT2D eigenvalue weighted by molar-refractivity contribution is 6.30. The third-order valence-corrected chi connectivity index (χ3v) is 7.89. The van der Waals surface area contributed by atoms with Crippen LogP contribution in [0.2, 0.25) is 5.02 Å². The van der Waals surface area contributed by atoms with E-state index in [-0.39, 0.29) is 6.29 Å². The van der Waals surface area contributed by atoms with Crippen molar-refractivity contribution in [1.29, 1.82) is 0 Å². The van der Waals surface area contributed by atoms with Gasteiger partial charge in [0.05, 0.1) is 13.2 Å². The van der Waals surface area contributed by atoms with Crippen LogP contribution >= 0.6 is 11.6 Å². The van der Waals surface area contributed by atoms with Gasteiger partial charge in [0.15, 0.2) is 6.29 Å². The van der Waals surface area contributed by atoms with Crippen LogP contribution < -0.4 is 0 Å². The quantitative estimate of drug-likeness (QED) is 0.472. The molecule has 2 saturated carbocycles. The molecular formula is C25H37ClO2. The molecule has 0 spiro atoms. The van der Waals surface area contributed by atoms with E-state index >= 15 is 0 Å². The average molecular weight is 405 g/mol. The molecule has 4 rings (SSSR count). The molecule has 0 amide bonds. The fourth-order valence-corrected chi connectivity index (χ4v) is 5.87. The molecular weight excluding hydrogens is 368 g/mol. The Balaban J connectivity index is 1.09. The number of ether oxygens (including phenoxy) is 2. The first-order chi connectivity index (χ1) is 13.8. The lowest BCUT2D eigenvalue weighted by Gasteiger charge is -2.32. The van der Waals surface area contributed by atoms with Crippen molar-refractivity contribution in [3.8, 4) is 0 Å². The lowest BCUT2D eigenvalue weighted by atomic mass is 9.74. The Labute approximate surface area is 176 Å². The standard InChI is InChI=1S/C25H37ClO2/c26-24-14-12-23(13-15-24)22-10-7-21(8-11-22)6-3-19-1-4-20(5-2-19)9-16-25-27-17-18-28-25/h12-15,19-22,25H,1-11,16-18H2/t19-,20-,21-,22-. The fraction of sp³-hybridized carbons (Fsp3) is 0.760. The van der Waals surface area contributed by atoms with Crippen molar-refractivity contribution >= 4 is 11.6 Å². The highest BCUT2D eigenvalue weighted by Gasteiger charge is 2.26. The van der Waals surface area contributed by atoms with Crippen molar-refractivity contribution in [2.45, 2.75) is 89.3 Å². The molecule has 3 aliphatic rings. The van der Waals surface area contributed by atoms with Crippen LogP contribution in [0.15, 0.2) is 24.3 Å². The monoisotopic (exact) mass is 404 g/mol. The largest absolute Gasteiger partial charge is 0.350 e. The summed E-state index contributed by atoms with van der Waals surface area (Å²) in [7, 11) is 0. The summed E-state index contributed by atoms with van der Waals surface area (Å²) >= 11 is 6.03. The van der Waals surface area contributed by atoms with Crippen LogP contribution in [0.5, 0.6) is 0 Å². The molecule has 1 aromatic rings. The minimum absolute atomic E-state index is 0.0979. The molecule has 0 unspecified atom stereocenters. The van der Waals surface area contributed by atoms with E-state index in [1.807, 2.05) is 12.1 Å². The first kappa shape index (κ1) is 20.7. The number of hydrogen-bond acceptors (Lipinski definition) is 2. The molecule has 1 heterocycles. The normalized spacial score (nSPS) is 31.9. The Bertz CT molecular complexity index is 565. The maximum Gasteiger partial charge on any atom is 0.157 e. The van der Waals surface area contributed by atoms with Gasteiger partial charge in [-0.3, -0.25) is 0 Å². The summed E-state index contributed by atoms with van der Waals surface area (Å²) in [6.07, 6.45) is 16.8. The second-order valence-electron chi connectivity index (χ2n) is 9.48. The van der Waals surface area contributed by atoms with E-state index in [1.54, 1.807) is 0 Å². The van der Waals surface area contributed by atoms with Gasteiger partial charge in [-0.15, -0.1) is 0 Å². The Hall–Kier alpha value is -0.570. The van der Waals surface area contributed by atoms with Gasteiger partial charge in [0, 0.05) is 5.02 Å². The SMILES string of the molecule is Clc1ccc([C@H]2CC[C@H](CC[C@H]3CC[C@H](CCC4OCCO4)CC3)CC2)cc1. The minimum Gasteiger partial charge on any atom is -0.350 e. The van der Waals surface area contributed by atoms with E-state index in [2.05, 4.69) is 12.1 Å². The molecule has 28 heavy (non-hydrogen) atoms. The predicted octanol–water partition coefficient (Wildman–Crippen LogP) is 7.35. The van der Waals surface area contributed by atoms with Gasteiger partial charge in [-0.25, -0.2) is 0 Å². The Morgan fingerprint density at radius 3 is 1.64 bits per heavy atom. The van der Waals surface area contributed by atoms with Gasteiger partial charge in [0.2, 0.25) is 0 Å². The van der Waals surface area contributed by atoms with E-state index in [1.165, 1.54) is 76.2 Å². The molecule has 0 bridgehead atoms. The average Bonchev–Trinajstić information content (AvgIpc) is 3.26. The molecule has 0 N–H and O–H groups in total. The number of hydrogen-bond donors (Lipinski definition) is 0. The summed E-state index contributed by atoms with van der Waals surface area (Å²) in [5, 5.41) is 0.854. The van der Waals surface area contributed by atoms with Gasteiger partial charge in [0.1, 0.15) is 0 Å². The molecule has 2 aliphatic carbocycles. The lowest BCUT2D eigenvalue weighted by Crippen LogP contribution is -2.19. The van der Waals surface area contributed by atoms with E-state index in [9.17, 15) is 0 Å². The van der Waals surface area contributed by atoms with Crippen LogP contribution in [0.3, 0.4) is 0 Å². The van der Waals surface area contributed by atoms with E-state index in [4.69, 9.17) is 21.1 Å². The summed E-state index contributed by atoms with van der Waals surface area (Å²) in [6, 6.07) is 8.56. The highest BCUT2D eigenvalue weighted by atomic mass is 35.5. The molecule has 156 valence electrons. The predicted molar refractivity (Wildman–Crippen MR) is 116 cm³/mol. The maximum atomic E-state index is 6.03. The topological polar surface area (TPSA) is 18.5 Å². The van der Waals surface area contributed by atoms with Crippen LogP contribution in [0, 0.1) is 17.8 Å². The third-order valence-electron chi connectivity index (χ3n) is 7.64. The smallest absolute Gasteiger partial charge is 0.157 e. The summed E-state index contributed by atoms with van der Waals surface area (Å²) in [5.41, 5.74) is 1.49. The second kappa shape index (κ2) is 10.5. The van der Waals surface area contributed by atoms with E-state index in [0.29, 0.717) is 0 Å². The molecule has 2 nitrogen and oxygen atoms in total. The van der Waals surface area contributed by atoms with Crippen molar-refractivity contribution in [2.24, 2.45) is 17.8 Å². The third kappa shape index (κ3) is 5.97. The van der Waals surface area contributed by atoms with Crippen molar-refractivity contribution < 1.29 is 9.47 Å². The Morgan fingerprint density at radius 1 is 0.643 bits per heavy atom. The van der Waals surface area contributed by atoms with Gasteiger partial charge >= 0.3 is 0 Å². The van der Waals surface area contributed by atoms with Crippen molar-refractivity contribution in [2.75, 3.05) is 13.2 Å². The fourth-order valence-electron chi connectivity index (χ4n) is 5.75. The minimum atomic E-state index is 0.0979. The summed E-state index contributed by atoms with van der Waals surface area (Å²) in [5.74, 6) is 3.64. The van der Waals surface area contributed by atoms with Crippen LogP contribution in [-0.4, -0.2) is 19.5 Å². The molecule has 0 aromatic heterocycles. The van der Waals surface area contributed by atoms with Crippen LogP contribution in [0.25, 0.3) is 0 Å². The zero-order valence-corrected chi connectivity index (χ0v) is 18.0. The summed E-state index contributed by atoms with van der Waals surface area (Å²) in [4.78, 5) is 0. The lowest BCUT2D eigenvalue weighted by molar-refractivity contribution is -0.0512. The van der Waals surface area contributed by atoms with Crippen LogP contribution in [0.4, 0.5) is 0 Å². The highest BCUT2D eigenvalue weighted by Crippen LogP contribution is 2.40. The second-order valence-corrected chi connectivity index (χ2v) is 9.92. The molecule has 1 saturated heterocycles. The maximum absolute atomic E-state index is 6.03. The Kier molecular flexibility index (Phi) is 7.73. The first-order valence-corrected chi connectivity index (χ1v) is 12.1. The van der Waals surface area contributed by atoms with Crippen molar-refractivity contribution in [3.05, 3.63) is 34.9 Å². The molecule has 0 radical (unpaired) electrons. The van der Waals surface area contributed by atoms with Gasteiger partial charge in [-0.1, -0.05) is 62.3 Å². The molecule has 1 aliphatic heterocycles. The summed E-state index contributed by atoms with van der Waals surface area (Å²) in [6.45, 7) is 1.58. The number of halogens is 1. The van der Waals surface area contributed by atoms with Crippen molar-refractivity contribution in [3.63, 3.8) is 0 Å². The Morgan fingerprint density at radius 2 is 1.11 bits per heavy atom. The zero-order valence-electron chi connectivity index (χ0n) is 17.3. The van der Waals surface area contributed by atoms with Crippen LogP contribution in [-0.2, 0) is 9.47 Å². The van der Waals surface area contributed by atoms with Gasteiger partial charge in [0.25, 0.3) is 0 Å². The van der Waals surface area contributed by atoms with Crippen LogP contribution in [0.1, 0.15) is 88.5 Å². The molecule has 3 fully saturated rings. The molecule has 0 atom stereocenters. The molecule has 3 heteroatoms.